The van der Waals surface area contributed by atoms with Gasteiger partial charge in [-0.05, 0) is 23.0 Å². The molecular formula is C13H24O4S. The lowest BCUT2D eigenvalue weighted by molar-refractivity contribution is -0.166. The van der Waals surface area contributed by atoms with Crippen LogP contribution >= 0.6 is 12.6 Å². The summed E-state index contributed by atoms with van der Waals surface area (Å²) in [6.45, 7) is 9.29. The molecule has 0 rings (SSSR count). The van der Waals surface area contributed by atoms with Crippen LogP contribution in [0.4, 0.5) is 0 Å². The van der Waals surface area contributed by atoms with E-state index in [0.29, 0.717) is 12.2 Å². The van der Waals surface area contributed by atoms with Crippen LogP contribution in [0.2, 0.25) is 0 Å². The summed E-state index contributed by atoms with van der Waals surface area (Å²) in [5.74, 6) is -1.82. The van der Waals surface area contributed by atoms with Gasteiger partial charge < -0.3 is 10.2 Å². The van der Waals surface area contributed by atoms with Crippen LogP contribution in [-0.2, 0) is 9.59 Å². The van der Waals surface area contributed by atoms with Gasteiger partial charge >= 0.3 is 11.9 Å². The lowest BCUT2D eigenvalue weighted by Gasteiger charge is -2.45. The molecule has 106 valence electrons. The maximum atomic E-state index is 11.7. The van der Waals surface area contributed by atoms with Gasteiger partial charge in [0, 0.05) is 0 Å². The van der Waals surface area contributed by atoms with E-state index in [1.54, 1.807) is 13.8 Å². The molecule has 0 fully saturated rings. The first-order valence-corrected chi connectivity index (χ1v) is 6.57. The smallest absolute Gasteiger partial charge is 0.310 e. The van der Waals surface area contributed by atoms with Gasteiger partial charge in [-0.3, -0.25) is 9.59 Å². The molecule has 4 nitrogen and oxygen atoms in total. The molecular weight excluding hydrogens is 252 g/mol. The first kappa shape index (κ1) is 17.3. The maximum absolute atomic E-state index is 11.7. The molecule has 0 aliphatic carbocycles. The zero-order chi connectivity index (χ0) is 14.8. The lowest BCUT2D eigenvalue weighted by atomic mass is 9.58. The molecule has 2 N–H and O–H groups in total. The lowest BCUT2D eigenvalue weighted by Crippen LogP contribution is -2.49. The molecule has 0 heterocycles. The predicted molar refractivity (Wildman–Crippen MR) is 74.0 cm³/mol. The third-order valence-electron chi connectivity index (χ3n) is 3.39. The van der Waals surface area contributed by atoms with Crippen molar-refractivity contribution >= 4 is 24.6 Å². The molecule has 0 aromatic carbocycles. The molecule has 18 heavy (non-hydrogen) atoms. The largest absolute Gasteiger partial charge is 0.481 e. The average molecular weight is 276 g/mol. The first-order chi connectivity index (χ1) is 7.88. The second-order valence-electron chi connectivity index (χ2n) is 6.74. The molecule has 0 bridgehead atoms. The van der Waals surface area contributed by atoms with Gasteiger partial charge in [-0.25, -0.2) is 0 Å². The highest BCUT2D eigenvalue weighted by Gasteiger charge is 2.53. The van der Waals surface area contributed by atoms with Gasteiger partial charge in [0.2, 0.25) is 0 Å². The third kappa shape index (κ3) is 3.90. The van der Waals surface area contributed by atoms with Crippen LogP contribution in [0.15, 0.2) is 0 Å². The summed E-state index contributed by atoms with van der Waals surface area (Å²) >= 11 is 4.20. The number of hydrogen-bond donors (Lipinski definition) is 3. The Morgan fingerprint density at radius 3 is 1.72 bits per heavy atom. The fourth-order valence-electron chi connectivity index (χ4n) is 2.30. The van der Waals surface area contributed by atoms with Crippen LogP contribution < -0.4 is 0 Å². The van der Waals surface area contributed by atoms with Crippen LogP contribution in [0.5, 0.6) is 0 Å². The summed E-state index contributed by atoms with van der Waals surface area (Å²) in [4.78, 5) is 22.8. The van der Waals surface area contributed by atoms with Crippen molar-refractivity contribution in [2.24, 2.45) is 16.2 Å². The fourth-order valence-corrected chi connectivity index (χ4v) is 2.60. The van der Waals surface area contributed by atoms with Gasteiger partial charge in [0.05, 0.1) is 11.8 Å². The van der Waals surface area contributed by atoms with E-state index in [0.717, 1.165) is 0 Å². The Labute approximate surface area is 114 Å². The second kappa shape index (κ2) is 5.51. The Kier molecular flexibility index (Phi) is 5.29. The van der Waals surface area contributed by atoms with Crippen LogP contribution in [0, 0.1) is 16.2 Å². The Bertz CT molecular complexity index is 330. The number of thiol groups is 1. The Balaban J connectivity index is 5.73. The van der Waals surface area contributed by atoms with E-state index in [9.17, 15) is 14.7 Å². The number of hydrogen-bond acceptors (Lipinski definition) is 3. The van der Waals surface area contributed by atoms with Crippen molar-refractivity contribution < 1.29 is 19.8 Å². The Hall–Kier alpha value is -0.710. The summed E-state index contributed by atoms with van der Waals surface area (Å²) in [6, 6.07) is 0. The van der Waals surface area contributed by atoms with Crippen molar-refractivity contribution in [3.8, 4) is 0 Å². The quantitative estimate of drug-likeness (QED) is 0.652. The monoisotopic (exact) mass is 276 g/mol. The van der Waals surface area contributed by atoms with Gasteiger partial charge in [-0.15, -0.1) is 0 Å². The standard InChI is InChI=1S/C13H24O4S/c1-11(2,3)7-13(10(16)17,6-9(14)15)12(4,5)8-18/h18H,6-8H2,1-5H3,(H,14,15)(H,16,17). The van der Waals surface area contributed by atoms with Crippen molar-refractivity contribution in [1.29, 1.82) is 0 Å². The van der Waals surface area contributed by atoms with Crippen LogP contribution in [0.1, 0.15) is 47.5 Å². The van der Waals surface area contributed by atoms with E-state index >= 15 is 0 Å². The molecule has 5 heteroatoms. The van der Waals surface area contributed by atoms with Gasteiger partial charge in [0.15, 0.2) is 0 Å². The summed E-state index contributed by atoms with van der Waals surface area (Å²) in [5.41, 5.74) is -2.28. The predicted octanol–water partition coefficient (Wildman–Crippen LogP) is 2.92. The minimum absolute atomic E-state index is 0.270. The van der Waals surface area contributed by atoms with Gasteiger partial charge in [0.25, 0.3) is 0 Å². The molecule has 0 saturated carbocycles. The molecule has 1 atom stereocenters. The third-order valence-corrected chi connectivity index (χ3v) is 4.18. The van der Waals surface area contributed by atoms with E-state index in [2.05, 4.69) is 12.6 Å². The Morgan fingerprint density at radius 1 is 1.06 bits per heavy atom. The van der Waals surface area contributed by atoms with Crippen LogP contribution in [0.25, 0.3) is 0 Å². The number of carboxylic acid groups (broad SMARTS) is 2. The van der Waals surface area contributed by atoms with Gasteiger partial charge in [-0.2, -0.15) is 12.6 Å². The Morgan fingerprint density at radius 2 is 1.50 bits per heavy atom. The molecule has 0 aliphatic heterocycles. The number of carboxylic acids is 2. The van der Waals surface area contributed by atoms with Gasteiger partial charge in [0.1, 0.15) is 0 Å². The van der Waals surface area contributed by atoms with E-state index in [1.807, 2.05) is 20.8 Å². The molecule has 0 spiro atoms. The number of aliphatic carboxylic acids is 2. The highest BCUT2D eigenvalue weighted by atomic mass is 32.1. The second-order valence-corrected chi connectivity index (χ2v) is 7.05. The van der Waals surface area contributed by atoms with E-state index < -0.39 is 22.8 Å². The molecule has 1 unspecified atom stereocenters. The normalized spacial score (nSPS) is 16.1. The number of carbonyl (C=O) groups is 2. The minimum Gasteiger partial charge on any atom is -0.481 e. The summed E-state index contributed by atoms with van der Waals surface area (Å²) in [7, 11) is 0. The van der Waals surface area contributed by atoms with Crippen LogP contribution in [0.3, 0.4) is 0 Å². The SMILES string of the molecule is CC(C)(C)CC(CC(=O)O)(C(=O)O)C(C)(C)CS. The highest BCUT2D eigenvalue weighted by molar-refractivity contribution is 7.80. The molecule has 0 saturated heterocycles. The molecule has 0 amide bonds. The van der Waals surface area contributed by atoms with Crippen LogP contribution in [-0.4, -0.2) is 27.9 Å². The van der Waals surface area contributed by atoms with E-state index in [4.69, 9.17) is 5.11 Å². The minimum atomic E-state index is -1.31. The molecule has 0 aromatic heterocycles. The average Bonchev–Trinajstić information content (AvgIpc) is 2.12. The zero-order valence-electron chi connectivity index (χ0n) is 11.8. The zero-order valence-corrected chi connectivity index (χ0v) is 12.7. The highest BCUT2D eigenvalue weighted by Crippen LogP contribution is 2.50. The molecule has 0 aliphatic rings. The van der Waals surface area contributed by atoms with Crippen molar-refractivity contribution in [1.82, 2.24) is 0 Å². The van der Waals surface area contributed by atoms with Crippen molar-refractivity contribution in [3.63, 3.8) is 0 Å². The number of rotatable bonds is 6. The van der Waals surface area contributed by atoms with E-state index in [1.165, 1.54) is 0 Å². The van der Waals surface area contributed by atoms with E-state index in [-0.39, 0.29) is 11.8 Å². The topological polar surface area (TPSA) is 74.6 Å². The van der Waals surface area contributed by atoms with Crippen molar-refractivity contribution in [2.45, 2.75) is 47.5 Å². The first-order valence-electron chi connectivity index (χ1n) is 5.94. The fraction of sp³-hybridized carbons (Fsp3) is 0.846. The van der Waals surface area contributed by atoms with Gasteiger partial charge in [-0.1, -0.05) is 34.6 Å². The summed E-state index contributed by atoms with van der Waals surface area (Å²) in [5, 5.41) is 18.7. The van der Waals surface area contributed by atoms with Crippen molar-refractivity contribution in [3.05, 3.63) is 0 Å². The maximum Gasteiger partial charge on any atom is 0.310 e. The molecule has 0 aromatic rings. The summed E-state index contributed by atoms with van der Waals surface area (Å²) < 4.78 is 0. The molecule has 0 radical (unpaired) electrons. The van der Waals surface area contributed by atoms with Crippen molar-refractivity contribution in [2.75, 3.05) is 5.75 Å². The summed E-state index contributed by atoms with van der Waals surface area (Å²) in [6.07, 6.45) is -0.0810.